The molecule has 0 aromatic heterocycles. The lowest BCUT2D eigenvalue weighted by atomic mass is 9.65. The van der Waals surface area contributed by atoms with Crippen molar-refractivity contribution >= 4 is 17.5 Å². The van der Waals surface area contributed by atoms with Crippen LogP contribution in [-0.2, 0) is 9.59 Å². The lowest BCUT2D eigenvalue weighted by molar-refractivity contribution is -0.131. The van der Waals surface area contributed by atoms with Gasteiger partial charge in [0.15, 0.2) is 0 Å². The predicted molar refractivity (Wildman–Crippen MR) is 114 cm³/mol. The maximum absolute atomic E-state index is 12.6. The van der Waals surface area contributed by atoms with Crippen LogP contribution in [0.3, 0.4) is 0 Å². The number of carbonyl (C=O) groups excluding carboxylic acids is 2. The summed E-state index contributed by atoms with van der Waals surface area (Å²) < 4.78 is 0. The second-order valence-corrected chi connectivity index (χ2v) is 8.94. The molecule has 1 aromatic carbocycles. The SMILES string of the molecule is NC1C2CCCC1CC(C(=O)NCCC(=O)N1CCN(c3ccccc3)CC1)C2. The lowest BCUT2D eigenvalue weighted by Gasteiger charge is -2.43. The van der Waals surface area contributed by atoms with Crippen LogP contribution in [-0.4, -0.2) is 55.5 Å². The summed E-state index contributed by atoms with van der Waals surface area (Å²) in [6, 6.07) is 10.6. The first kappa shape index (κ1) is 20.2. The molecule has 0 radical (unpaired) electrons. The van der Waals surface area contributed by atoms with Crippen molar-refractivity contribution in [3.63, 3.8) is 0 Å². The highest BCUT2D eigenvalue weighted by Crippen LogP contribution is 2.41. The Morgan fingerprint density at radius 2 is 1.66 bits per heavy atom. The number of para-hydroxylation sites is 1. The molecule has 1 saturated heterocycles. The van der Waals surface area contributed by atoms with Crippen LogP contribution in [0.5, 0.6) is 0 Å². The van der Waals surface area contributed by atoms with Gasteiger partial charge in [0.05, 0.1) is 0 Å². The molecule has 2 bridgehead atoms. The van der Waals surface area contributed by atoms with Crippen LogP contribution in [0.2, 0.25) is 0 Å². The number of carbonyl (C=O) groups is 2. The maximum Gasteiger partial charge on any atom is 0.224 e. The van der Waals surface area contributed by atoms with Gasteiger partial charge in [-0.25, -0.2) is 0 Å². The van der Waals surface area contributed by atoms with E-state index >= 15 is 0 Å². The number of nitrogens with zero attached hydrogens (tertiary/aromatic N) is 2. The van der Waals surface area contributed by atoms with Crippen LogP contribution in [0, 0.1) is 17.8 Å². The molecule has 1 aromatic rings. The monoisotopic (exact) mass is 398 g/mol. The van der Waals surface area contributed by atoms with Gasteiger partial charge in [-0.3, -0.25) is 9.59 Å². The standard InChI is InChI=1S/C23H34N4O2/c24-22-17-5-4-6-18(22)16-19(15-17)23(29)25-10-9-21(28)27-13-11-26(12-14-27)20-7-2-1-3-8-20/h1-3,7-8,17-19,22H,4-6,9-16,24H2,(H,25,29). The van der Waals surface area contributed by atoms with Gasteiger partial charge in [0.25, 0.3) is 0 Å². The first-order valence-corrected chi connectivity index (χ1v) is 11.2. The smallest absolute Gasteiger partial charge is 0.224 e. The molecule has 29 heavy (non-hydrogen) atoms. The molecular weight excluding hydrogens is 364 g/mol. The molecule has 0 spiro atoms. The van der Waals surface area contributed by atoms with E-state index in [0.29, 0.717) is 24.8 Å². The van der Waals surface area contributed by atoms with Gasteiger partial charge < -0.3 is 20.9 Å². The third kappa shape index (κ3) is 4.74. The van der Waals surface area contributed by atoms with Gasteiger partial charge in [0.2, 0.25) is 11.8 Å². The Balaban J connectivity index is 1.17. The highest BCUT2D eigenvalue weighted by molar-refractivity contribution is 5.80. The van der Waals surface area contributed by atoms with Crippen molar-refractivity contribution in [1.29, 1.82) is 0 Å². The number of hydrogen-bond donors (Lipinski definition) is 2. The van der Waals surface area contributed by atoms with Crippen LogP contribution < -0.4 is 16.0 Å². The van der Waals surface area contributed by atoms with Crippen molar-refractivity contribution in [3.05, 3.63) is 30.3 Å². The number of nitrogens with two attached hydrogens (primary N) is 1. The quantitative estimate of drug-likeness (QED) is 0.795. The fourth-order valence-corrected chi connectivity index (χ4v) is 5.45. The van der Waals surface area contributed by atoms with Crippen LogP contribution in [0.15, 0.2) is 30.3 Å². The first-order valence-electron chi connectivity index (χ1n) is 11.2. The van der Waals surface area contributed by atoms with E-state index in [-0.39, 0.29) is 23.8 Å². The number of benzene rings is 1. The van der Waals surface area contributed by atoms with Gasteiger partial charge in [0.1, 0.15) is 0 Å². The fraction of sp³-hybridized carbons (Fsp3) is 0.652. The molecule has 3 N–H and O–H groups in total. The zero-order valence-corrected chi connectivity index (χ0v) is 17.3. The van der Waals surface area contributed by atoms with Gasteiger partial charge >= 0.3 is 0 Å². The third-order valence-corrected chi connectivity index (χ3v) is 7.18. The summed E-state index contributed by atoms with van der Waals surface area (Å²) >= 11 is 0. The Morgan fingerprint density at radius 1 is 1.00 bits per heavy atom. The molecule has 158 valence electrons. The van der Waals surface area contributed by atoms with E-state index in [1.165, 1.54) is 12.1 Å². The lowest BCUT2D eigenvalue weighted by Crippen LogP contribution is -2.50. The molecule has 6 heteroatoms. The normalized spacial score (nSPS) is 29.4. The molecule has 2 unspecified atom stereocenters. The van der Waals surface area contributed by atoms with Crippen molar-refractivity contribution in [2.45, 2.75) is 44.6 Å². The molecule has 2 aliphatic carbocycles. The molecule has 1 heterocycles. The average molecular weight is 399 g/mol. The molecule has 2 amide bonds. The number of hydrogen-bond acceptors (Lipinski definition) is 4. The fourth-order valence-electron chi connectivity index (χ4n) is 5.45. The van der Waals surface area contributed by atoms with E-state index in [2.05, 4.69) is 22.3 Å². The summed E-state index contributed by atoms with van der Waals surface area (Å²) in [6.45, 7) is 3.63. The molecule has 2 atom stereocenters. The Morgan fingerprint density at radius 3 is 2.31 bits per heavy atom. The van der Waals surface area contributed by atoms with Crippen molar-refractivity contribution in [2.24, 2.45) is 23.5 Å². The van der Waals surface area contributed by atoms with Crippen LogP contribution in [0.1, 0.15) is 38.5 Å². The van der Waals surface area contributed by atoms with Gasteiger partial charge in [-0.05, 0) is 49.7 Å². The number of piperazine rings is 1. The highest BCUT2D eigenvalue weighted by atomic mass is 16.2. The number of amides is 2. The predicted octanol–water partition coefficient (Wildman–Crippen LogP) is 2.00. The first-order chi connectivity index (χ1) is 14.1. The minimum atomic E-state index is 0.0784. The zero-order chi connectivity index (χ0) is 20.2. The molecule has 4 rings (SSSR count). The van der Waals surface area contributed by atoms with Crippen molar-refractivity contribution in [2.75, 3.05) is 37.6 Å². The molecule has 2 saturated carbocycles. The van der Waals surface area contributed by atoms with Gasteiger partial charge in [-0.1, -0.05) is 24.6 Å². The number of fused-ring (bicyclic) bond motifs is 2. The van der Waals surface area contributed by atoms with E-state index in [1.807, 2.05) is 23.1 Å². The number of rotatable bonds is 5. The topological polar surface area (TPSA) is 78.7 Å². The van der Waals surface area contributed by atoms with E-state index in [0.717, 1.165) is 51.9 Å². The zero-order valence-electron chi connectivity index (χ0n) is 17.3. The van der Waals surface area contributed by atoms with E-state index in [4.69, 9.17) is 5.73 Å². The molecule has 1 aliphatic heterocycles. The minimum absolute atomic E-state index is 0.0784. The van der Waals surface area contributed by atoms with Crippen LogP contribution in [0.4, 0.5) is 5.69 Å². The van der Waals surface area contributed by atoms with Gasteiger partial charge in [-0.2, -0.15) is 0 Å². The van der Waals surface area contributed by atoms with Crippen LogP contribution in [0.25, 0.3) is 0 Å². The maximum atomic E-state index is 12.6. The summed E-state index contributed by atoms with van der Waals surface area (Å²) in [6.07, 6.45) is 5.79. The van der Waals surface area contributed by atoms with Crippen molar-refractivity contribution < 1.29 is 9.59 Å². The number of anilines is 1. The summed E-state index contributed by atoms with van der Waals surface area (Å²) in [5, 5.41) is 3.02. The van der Waals surface area contributed by atoms with Crippen molar-refractivity contribution in [3.8, 4) is 0 Å². The summed E-state index contributed by atoms with van der Waals surface area (Å²) in [4.78, 5) is 29.4. The van der Waals surface area contributed by atoms with E-state index < -0.39 is 0 Å². The second-order valence-electron chi connectivity index (χ2n) is 8.94. The molecule has 3 fully saturated rings. The van der Waals surface area contributed by atoms with Gasteiger partial charge in [0, 0.05) is 56.8 Å². The van der Waals surface area contributed by atoms with Gasteiger partial charge in [-0.15, -0.1) is 0 Å². The highest BCUT2D eigenvalue weighted by Gasteiger charge is 2.40. The Labute approximate surface area is 173 Å². The Hall–Kier alpha value is -2.08. The molecule has 6 nitrogen and oxygen atoms in total. The third-order valence-electron chi connectivity index (χ3n) is 7.18. The minimum Gasteiger partial charge on any atom is -0.368 e. The van der Waals surface area contributed by atoms with Crippen LogP contribution >= 0.6 is 0 Å². The molecule has 3 aliphatic rings. The Kier molecular flexibility index (Phi) is 6.38. The Bertz CT molecular complexity index is 688. The summed E-state index contributed by atoms with van der Waals surface area (Å²) in [7, 11) is 0. The molecular formula is C23H34N4O2. The van der Waals surface area contributed by atoms with E-state index in [1.54, 1.807) is 0 Å². The number of nitrogens with one attached hydrogen (secondary N) is 1. The second kappa shape index (κ2) is 9.16. The van der Waals surface area contributed by atoms with E-state index in [9.17, 15) is 9.59 Å². The summed E-state index contributed by atoms with van der Waals surface area (Å²) in [5.74, 6) is 1.34. The summed E-state index contributed by atoms with van der Waals surface area (Å²) in [5.41, 5.74) is 7.54. The average Bonchev–Trinajstić information content (AvgIpc) is 2.74. The largest absolute Gasteiger partial charge is 0.368 e. The van der Waals surface area contributed by atoms with Crippen molar-refractivity contribution in [1.82, 2.24) is 10.2 Å².